The van der Waals surface area contributed by atoms with Gasteiger partial charge in [-0.05, 0) is 18.4 Å². The number of nitrogens with two attached hydrogens (primary N) is 1. The summed E-state index contributed by atoms with van der Waals surface area (Å²) in [6, 6.07) is 3.31. The third-order valence-corrected chi connectivity index (χ3v) is 3.40. The van der Waals surface area contributed by atoms with Crippen LogP contribution in [0, 0.1) is 0 Å². The van der Waals surface area contributed by atoms with Crippen LogP contribution in [0.2, 0.25) is 0 Å². The van der Waals surface area contributed by atoms with Gasteiger partial charge in [0.25, 0.3) is 0 Å². The maximum atomic E-state index is 11.5. The molecule has 2 aromatic rings. The van der Waals surface area contributed by atoms with Crippen molar-refractivity contribution < 1.29 is 9.53 Å². The molecule has 0 aliphatic rings. The molecule has 1 unspecified atom stereocenters. The number of esters is 1. The molecule has 2 heterocycles. The standard InChI is InChI=1S/C12H15N3O2S/c1-2-17-12(16)9(13)6-8-7-14-15-11(8)10-4-3-5-18-10/h3-5,7,9H,2,6,13H2,1H3,(H,14,15). The van der Waals surface area contributed by atoms with Crippen LogP contribution >= 0.6 is 11.3 Å². The molecule has 0 radical (unpaired) electrons. The summed E-state index contributed by atoms with van der Waals surface area (Å²) in [5.74, 6) is -0.379. The fourth-order valence-electron chi connectivity index (χ4n) is 1.67. The fraction of sp³-hybridized carbons (Fsp3) is 0.333. The first-order valence-corrected chi connectivity index (χ1v) is 6.58. The highest BCUT2D eigenvalue weighted by Crippen LogP contribution is 2.26. The second kappa shape index (κ2) is 5.79. The minimum Gasteiger partial charge on any atom is -0.465 e. The zero-order chi connectivity index (χ0) is 13.0. The van der Waals surface area contributed by atoms with Crippen molar-refractivity contribution in [3.8, 4) is 10.6 Å². The van der Waals surface area contributed by atoms with Crippen molar-refractivity contribution in [1.82, 2.24) is 10.2 Å². The van der Waals surface area contributed by atoms with Gasteiger partial charge in [0.2, 0.25) is 0 Å². The van der Waals surface area contributed by atoms with Crippen molar-refractivity contribution in [3.05, 3.63) is 29.3 Å². The summed E-state index contributed by atoms with van der Waals surface area (Å²) in [7, 11) is 0. The number of ether oxygens (including phenoxy) is 1. The molecule has 0 saturated carbocycles. The van der Waals surface area contributed by atoms with Crippen molar-refractivity contribution >= 4 is 17.3 Å². The van der Waals surface area contributed by atoms with Crippen molar-refractivity contribution in [1.29, 1.82) is 0 Å². The van der Waals surface area contributed by atoms with Crippen molar-refractivity contribution in [2.24, 2.45) is 5.73 Å². The van der Waals surface area contributed by atoms with E-state index in [4.69, 9.17) is 10.5 Å². The highest BCUT2D eigenvalue weighted by molar-refractivity contribution is 7.13. The van der Waals surface area contributed by atoms with Gasteiger partial charge in [0.15, 0.2) is 0 Å². The Bertz CT molecular complexity index is 507. The molecule has 2 rings (SSSR count). The molecule has 0 spiro atoms. The van der Waals surface area contributed by atoms with Crippen LogP contribution in [0.15, 0.2) is 23.7 Å². The summed E-state index contributed by atoms with van der Waals surface area (Å²) < 4.78 is 4.89. The molecular formula is C12H15N3O2S. The van der Waals surface area contributed by atoms with Crippen LogP contribution in [0.5, 0.6) is 0 Å². The van der Waals surface area contributed by atoms with E-state index in [2.05, 4.69) is 10.2 Å². The molecule has 3 N–H and O–H groups in total. The lowest BCUT2D eigenvalue weighted by Gasteiger charge is -2.10. The third-order valence-electron chi connectivity index (χ3n) is 2.51. The first kappa shape index (κ1) is 12.8. The molecule has 0 bridgehead atoms. The van der Waals surface area contributed by atoms with Gasteiger partial charge in [0, 0.05) is 12.0 Å². The summed E-state index contributed by atoms with van der Waals surface area (Å²) >= 11 is 1.61. The Kier molecular flexibility index (Phi) is 4.11. The van der Waals surface area contributed by atoms with Crippen LogP contribution in [0.3, 0.4) is 0 Å². The molecule has 96 valence electrons. The maximum absolute atomic E-state index is 11.5. The number of nitrogens with zero attached hydrogens (tertiary/aromatic N) is 1. The molecule has 0 saturated heterocycles. The van der Waals surface area contributed by atoms with Crippen LogP contribution < -0.4 is 5.73 Å². The quantitative estimate of drug-likeness (QED) is 0.804. The lowest BCUT2D eigenvalue weighted by Crippen LogP contribution is -2.34. The Morgan fingerprint density at radius 3 is 3.17 bits per heavy atom. The van der Waals surface area contributed by atoms with Crippen LogP contribution in [0.4, 0.5) is 0 Å². The van der Waals surface area contributed by atoms with Gasteiger partial charge in [0.1, 0.15) is 6.04 Å². The summed E-state index contributed by atoms with van der Waals surface area (Å²) in [4.78, 5) is 12.6. The predicted molar refractivity (Wildman–Crippen MR) is 70.2 cm³/mol. The number of rotatable bonds is 5. The predicted octanol–water partition coefficient (Wildman–Crippen LogP) is 1.57. The number of carbonyl (C=O) groups excluding carboxylic acids is 1. The van der Waals surface area contributed by atoms with Crippen LogP contribution in [-0.2, 0) is 16.0 Å². The van der Waals surface area contributed by atoms with E-state index in [0.717, 1.165) is 16.1 Å². The number of hydrogen-bond donors (Lipinski definition) is 2. The normalized spacial score (nSPS) is 12.3. The molecule has 0 aliphatic carbocycles. The fourth-order valence-corrected chi connectivity index (χ4v) is 2.43. The maximum Gasteiger partial charge on any atom is 0.323 e. The SMILES string of the molecule is CCOC(=O)C(N)Cc1cn[nH]c1-c1cccs1. The van der Waals surface area contributed by atoms with E-state index >= 15 is 0 Å². The van der Waals surface area contributed by atoms with E-state index in [1.165, 1.54) is 0 Å². The monoisotopic (exact) mass is 265 g/mol. The molecule has 0 aromatic carbocycles. The second-order valence-corrected chi connectivity index (χ2v) is 4.76. The number of thiophene rings is 1. The third kappa shape index (κ3) is 2.77. The van der Waals surface area contributed by atoms with Gasteiger partial charge in [-0.1, -0.05) is 6.07 Å². The van der Waals surface area contributed by atoms with Crippen molar-refractivity contribution in [2.75, 3.05) is 6.61 Å². The zero-order valence-corrected chi connectivity index (χ0v) is 10.9. The van der Waals surface area contributed by atoms with Gasteiger partial charge in [-0.15, -0.1) is 11.3 Å². The minimum atomic E-state index is -0.652. The molecule has 6 heteroatoms. The summed E-state index contributed by atoms with van der Waals surface area (Å²) in [5.41, 5.74) is 7.65. The zero-order valence-electron chi connectivity index (χ0n) is 10.1. The number of carbonyl (C=O) groups is 1. The first-order valence-electron chi connectivity index (χ1n) is 5.70. The summed E-state index contributed by atoms with van der Waals surface area (Å²) in [6.07, 6.45) is 2.12. The lowest BCUT2D eigenvalue weighted by atomic mass is 10.1. The average molecular weight is 265 g/mol. The largest absolute Gasteiger partial charge is 0.465 e. The average Bonchev–Trinajstić information content (AvgIpc) is 2.98. The molecule has 5 nitrogen and oxygen atoms in total. The minimum absolute atomic E-state index is 0.343. The van der Waals surface area contributed by atoms with Crippen LogP contribution in [0.25, 0.3) is 10.6 Å². The van der Waals surface area contributed by atoms with Gasteiger partial charge in [0.05, 0.1) is 23.4 Å². The molecule has 0 fully saturated rings. The van der Waals surface area contributed by atoms with E-state index in [1.54, 1.807) is 24.5 Å². The van der Waals surface area contributed by atoms with E-state index < -0.39 is 6.04 Å². The van der Waals surface area contributed by atoms with Gasteiger partial charge in [-0.25, -0.2) is 0 Å². The second-order valence-electron chi connectivity index (χ2n) is 3.81. The smallest absolute Gasteiger partial charge is 0.323 e. The van der Waals surface area contributed by atoms with Gasteiger partial charge < -0.3 is 10.5 Å². The van der Waals surface area contributed by atoms with E-state index in [-0.39, 0.29) is 5.97 Å². The molecule has 0 amide bonds. The highest BCUT2D eigenvalue weighted by Gasteiger charge is 2.18. The Hall–Kier alpha value is -1.66. The van der Waals surface area contributed by atoms with E-state index in [1.807, 2.05) is 17.5 Å². The Morgan fingerprint density at radius 2 is 2.50 bits per heavy atom. The molecule has 0 aliphatic heterocycles. The van der Waals surface area contributed by atoms with Gasteiger partial charge >= 0.3 is 5.97 Å². The number of aromatic amines is 1. The Labute approximate surface area is 109 Å². The Morgan fingerprint density at radius 1 is 1.67 bits per heavy atom. The highest BCUT2D eigenvalue weighted by atomic mass is 32.1. The summed E-state index contributed by atoms with van der Waals surface area (Å²) in [6.45, 7) is 2.11. The molecular weight excluding hydrogens is 250 g/mol. The molecule has 1 atom stereocenters. The van der Waals surface area contributed by atoms with E-state index in [0.29, 0.717) is 13.0 Å². The molecule has 2 aromatic heterocycles. The number of H-pyrrole nitrogens is 1. The van der Waals surface area contributed by atoms with Gasteiger partial charge in [-0.2, -0.15) is 5.10 Å². The first-order chi connectivity index (χ1) is 8.72. The lowest BCUT2D eigenvalue weighted by molar-refractivity contribution is -0.144. The van der Waals surface area contributed by atoms with Gasteiger partial charge in [-0.3, -0.25) is 9.89 Å². The van der Waals surface area contributed by atoms with Crippen LogP contribution in [-0.4, -0.2) is 28.8 Å². The molecule has 18 heavy (non-hydrogen) atoms. The van der Waals surface area contributed by atoms with Crippen molar-refractivity contribution in [2.45, 2.75) is 19.4 Å². The summed E-state index contributed by atoms with van der Waals surface area (Å²) in [5, 5.41) is 8.94. The topological polar surface area (TPSA) is 81.0 Å². The Balaban J connectivity index is 2.11. The van der Waals surface area contributed by atoms with Crippen LogP contribution in [0.1, 0.15) is 12.5 Å². The van der Waals surface area contributed by atoms with Crippen molar-refractivity contribution in [3.63, 3.8) is 0 Å². The number of nitrogens with one attached hydrogen (secondary N) is 1. The van der Waals surface area contributed by atoms with E-state index in [9.17, 15) is 4.79 Å². The number of aromatic nitrogens is 2. The number of hydrogen-bond acceptors (Lipinski definition) is 5.